The van der Waals surface area contributed by atoms with Crippen molar-refractivity contribution in [2.75, 3.05) is 31.7 Å². The minimum absolute atomic E-state index is 0.121. The molecule has 2 saturated heterocycles. The number of carbonyl (C=O) groups excluding carboxylic acids is 1. The van der Waals surface area contributed by atoms with Crippen LogP contribution in [-0.4, -0.2) is 99.6 Å². The molecule has 3 aromatic rings. The van der Waals surface area contributed by atoms with Gasteiger partial charge in [-0.1, -0.05) is 21.1 Å². The molecule has 4 N–H and O–H groups in total. The molecule has 0 saturated carbocycles. The van der Waals surface area contributed by atoms with E-state index in [2.05, 4.69) is 31.6 Å². The number of anilines is 1. The Morgan fingerprint density at radius 3 is 2.50 bits per heavy atom. The third-order valence-corrected chi connectivity index (χ3v) is 8.26. The highest BCUT2D eigenvalue weighted by molar-refractivity contribution is 9.10. The Labute approximate surface area is 249 Å². The number of aliphatic hydroxyl groups is 3. The Hall–Kier alpha value is -2.85. The molecule has 2 aliphatic rings. The van der Waals surface area contributed by atoms with Crippen LogP contribution >= 0.6 is 15.9 Å². The first-order valence-corrected chi connectivity index (χ1v) is 14.2. The van der Waals surface area contributed by atoms with Crippen molar-refractivity contribution in [1.82, 2.24) is 20.3 Å². The molecule has 1 amide bonds. The van der Waals surface area contributed by atoms with Crippen molar-refractivity contribution in [1.29, 1.82) is 0 Å². The number of aromatic nitrogens is 3. The van der Waals surface area contributed by atoms with E-state index in [1.54, 1.807) is 12.1 Å². The van der Waals surface area contributed by atoms with E-state index < -0.39 is 66.8 Å². The summed E-state index contributed by atoms with van der Waals surface area (Å²) < 4.78 is 42.2. The summed E-state index contributed by atoms with van der Waals surface area (Å²) in [5.41, 5.74) is 1.49. The molecule has 2 fully saturated rings. The zero-order valence-corrected chi connectivity index (χ0v) is 24.7. The number of hydrogen-bond acceptors (Lipinski definition) is 9. The van der Waals surface area contributed by atoms with E-state index in [0.717, 1.165) is 22.2 Å². The molecule has 14 heteroatoms. The third-order valence-electron chi connectivity index (χ3n) is 7.80. The molecule has 2 aromatic carbocycles. The fourth-order valence-corrected chi connectivity index (χ4v) is 6.19. The van der Waals surface area contributed by atoms with E-state index in [4.69, 9.17) is 9.47 Å². The van der Waals surface area contributed by atoms with Crippen LogP contribution in [0.25, 0.3) is 11.3 Å². The fourth-order valence-electron chi connectivity index (χ4n) is 5.60. The summed E-state index contributed by atoms with van der Waals surface area (Å²) in [4.78, 5) is 15.8. The molecule has 0 bridgehead atoms. The summed E-state index contributed by atoms with van der Waals surface area (Å²) in [6, 6.07) is 5.96. The van der Waals surface area contributed by atoms with Crippen LogP contribution in [0.15, 0.2) is 41.0 Å². The topological polar surface area (TPSA) is 142 Å². The highest BCUT2D eigenvalue weighted by Gasteiger charge is 2.52. The average molecular weight is 652 g/mol. The predicted octanol–water partition coefficient (Wildman–Crippen LogP) is 1.65. The van der Waals surface area contributed by atoms with E-state index in [9.17, 15) is 28.9 Å². The van der Waals surface area contributed by atoms with Gasteiger partial charge < -0.3 is 35.0 Å². The second-order valence-electron chi connectivity index (χ2n) is 10.6. The number of rotatable bonds is 7. The standard InChI is InChI=1S/C28H32BrF2N5O6/c1-13-4-16(29)8-17(5-13)36(21-9-32-10-22(21)38)28(40)27-26(41-3)24(25(39)23(12-37)42-27)35-11-20(33-34-35)15-6-18(30)14(2)19(31)7-15/h4-8,11,21-27,32,37-39H,9-10,12H2,1-3H3/t21-,22-,23?,24?,25?,26?,27?/m1/s1. The van der Waals surface area contributed by atoms with E-state index in [-0.39, 0.29) is 23.4 Å². The first-order valence-electron chi connectivity index (χ1n) is 13.4. The molecule has 0 aliphatic carbocycles. The molecular formula is C28H32BrF2N5O6. The smallest absolute Gasteiger partial charge is 0.259 e. The van der Waals surface area contributed by atoms with Gasteiger partial charge in [-0.3, -0.25) is 4.79 Å². The number of halogens is 3. The summed E-state index contributed by atoms with van der Waals surface area (Å²) in [5.74, 6) is -2.07. The van der Waals surface area contributed by atoms with Gasteiger partial charge in [-0.15, -0.1) is 5.10 Å². The normalized spacial score (nSPS) is 27.8. The second-order valence-corrected chi connectivity index (χ2v) is 11.5. The number of benzene rings is 2. The van der Waals surface area contributed by atoms with Crippen molar-refractivity contribution in [2.24, 2.45) is 0 Å². The summed E-state index contributed by atoms with van der Waals surface area (Å²) in [6.45, 7) is 3.16. The Morgan fingerprint density at radius 1 is 1.19 bits per heavy atom. The molecule has 42 heavy (non-hydrogen) atoms. The van der Waals surface area contributed by atoms with Crippen molar-refractivity contribution in [2.45, 2.75) is 56.5 Å². The van der Waals surface area contributed by atoms with Crippen LogP contribution in [-0.2, 0) is 14.3 Å². The maximum Gasteiger partial charge on any atom is 0.259 e. The van der Waals surface area contributed by atoms with Gasteiger partial charge in [0.2, 0.25) is 0 Å². The van der Waals surface area contributed by atoms with Crippen LogP contribution in [0.5, 0.6) is 0 Å². The number of hydrogen-bond donors (Lipinski definition) is 4. The number of amides is 1. The zero-order chi connectivity index (χ0) is 30.3. The summed E-state index contributed by atoms with van der Waals surface area (Å²) in [5, 5.41) is 43.3. The molecule has 226 valence electrons. The zero-order valence-electron chi connectivity index (χ0n) is 23.1. The highest BCUT2D eigenvalue weighted by Crippen LogP contribution is 2.36. The van der Waals surface area contributed by atoms with Crippen LogP contribution < -0.4 is 10.2 Å². The molecule has 5 unspecified atom stereocenters. The van der Waals surface area contributed by atoms with Crippen molar-refractivity contribution in [3.63, 3.8) is 0 Å². The van der Waals surface area contributed by atoms with Gasteiger partial charge in [0.05, 0.1) is 24.9 Å². The Balaban J connectivity index is 1.54. The van der Waals surface area contributed by atoms with Crippen molar-refractivity contribution in [3.05, 3.63) is 63.8 Å². The second kappa shape index (κ2) is 12.4. The van der Waals surface area contributed by atoms with Crippen LogP contribution in [0.3, 0.4) is 0 Å². The Bertz CT molecular complexity index is 1420. The number of nitrogens with zero attached hydrogens (tertiary/aromatic N) is 4. The van der Waals surface area contributed by atoms with Gasteiger partial charge in [0, 0.05) is 41.5 Å². The largest absolute Gasteiger partial charge is 0.394 e. The van der Waals surface area contributed by atoms with Gasteiger partial charge >= 0.3 is 0 Å². The molecule has 7 atom stereocenters. The van der Waals surface area contributed by atoms with Gasteiger partial charge in [0.15, 0.2) is 6.10 Å². The van der Waals surface area contributed by atoms with Crippen molar-refractivity contribution >= 4 is 27.5 Å². The molecule has 2 aliphatic heterocycles. The molecule has 1 aromatic heterocycles. The maximum absolute atomic E-state index is 14.4. The minimum Gasteiger partial charge on any atom is -0.394 e. The van der Waals surface area contributed by atoms with Gasteiger partial charge in [-0.05, 0) is 49.7 Å². The number of aliphatic hydroxyl groups excluding tert-OH is 3. The lowest BCUT2D eigenvalue weighted by Crippen LogP contribution is -2.63. The average Bonchev–Trinajstić information content (AvgIpc) is 3.60. The number of carbonyl (C=O) groups is 1. The summed E-state index contributed by atoms with van der Waals surface area (Å²) >= 11 is 3.48. The van der Waals surface area contributed by atoms with Crippen LogP contribution in [0.2, 0.25) is 0 Å². The first-order chi connectivity index (χ1) is 20.0. The molecule has 5 rings (SSSR count). The molecule has 0 radical (unpaired) electrons. The molecular weight excluding hydrogens is 620 g/mol. The molecule has 3 heterocycles. The van der Waals surface area contributed by atoms with Gasteiger partial charge in [0.25, 0.3) is 5.91 Å². The predicted molar refractivity (Wildman–Crippen MR) is 151 cm³/mol. The lowest BCUT2D eigenvalue weighted by molar-refractivity contribution is -0.211. The maximum atomic E-state index is 14.4. The van der Waals surface area contributed by atoms with Gasteiger partial charge in [-0.2, -0.15) is 0 Å². The quantitative estimate of drug-likeness (QED) is 0.300. The van der Waals surface area contributed by atoms with Crippen molar-refractivity contribution < 1.29 is 38.4 Å². The van der Waals surface area contributed by atoms with Gasteiger partial charge in [-0.25, -0.2) is 13.5 Å². The Kier molecular flexibility index (Phi) is 9.04. The lowest BCUT2D eigenvalue weighted by atomic mass is 9.91. The molecule has 11 nitrogen and oxygen atoms in total. The van der Waals surface area contributed by atoms with Crippen LogP contribution in [0, 0.1) is 25.5 Å². The van der Waals surface area contributed by atoms with E-state index >= 15 is 0 Å². The minimum atomic E-state index is -1.40. The number of methoxy groups -OCH3 is 1. The van der Waals surface area contributed by atoms with Crippen LogP contribution in [0.1, 0.15) is 17.2 Å². The van der Waals surface area contributed by atoms with Crippen LogP contribution in [0.4, 0.5) is 14.5 Å². The number of β-amino-alcohol motifs (C(OH)–C–C–N with tert-alkyl or cyclic N) is 1. The van der Waals surface area contributed by atoms with Crippen molar-refractivity contribution in [3.8, 4) is 11.3 Å². The third kappa shape index (κ3) is 5.72. The number of nitrogens with one attached hydrogen (secondary N) is 1. The monoisotopic (exact) mass is 651 g/mol. The van der Waals surface area contributed by atoms with E-state index in [1.807, 2.05) is 13.0 Å². The summed E-state index contributed by atoms with van der Waals surface area (Å²) in [7, 11) is 1.34. The number of ether oxygens (including phenoxy) is 2. The molecule has 0 spiro atoms. The SMILES string of the molecule is COC1C(C(=O)N(c2cc(C)cc(Br)c2)[C@@H]2CNC[C@H]2O)OC(CO)C(O)C1n1cc(-c2cc(F)c(C)c(F)c2)nn1. The van der Waals surface area contributed by atoms with Gasteiger partial charge in [0.1, 0.15) is 41.7 Å². The highest BCUT2D eigenvalue weighted by atomic mass is 79.9. The first kappa shape index (κ1) is 30.6. The fraction of sp³-hybridized carbons (Fsp3) is 0.464. The number of aryl methyl sites for hydroxylation is 1. The lowest BCUT2D eigenvalue weighted by Gasteiger charge is -2.45. The van der Waals surface area contributed by atoms with E-state index in [0.29, 0.717) is 12.2 Å². The Morgan fingerprint density at radius 2 is 1.90 bits per heavy atom. The summed E-state index contributed by atoms with van der Waals surface area (Å²) in [6.07, 6.45) is -4.60. The van der Waals surface area contributed by atoms with E-state index in [1.165, 1.54) is 29.8 Å².